The predicted octanol–water partition coefficient (Wildman–Crippen LogP) is 3.59. The summed E-state index contributed by atoms with van der Waals surface area (Å²) >= 11 is 0. The van der Waals surface area contributed by atoms with E-state index in [0.717, 1.165) is 17.7 Å². The van der Waals surface area contributed by atoms with Crippen molar-refractivity contribution in [3.8, 4) is 0 Å². The summed E-state index contributed by atoms with van der Waals surface area (Å²) in [5.41, 5.74) is 2.17. The first-order valence-electron chi connectivity index (χ1n) is 6.68. The number of carbonyl (C=O) groups is 1. The van der Waals surface area contributed by atoms with Gasteiger partial charge < -0.3 is 0 Å². The van der Waals surface area contributed by atoms with Crippen molar-refractivity contribution in [1.29, 1.82) is 0 Å². The van der Waals surface area contributed by atoms with E-state index in [9.17, 15) is 13.6 Å². The lowest BCUT2D eigenvalue weighted by atomic mass is 10.1. The Hall–Kier alpha value is -2.07. The zero-order chi connectivity index (χ0) is 15.4. The molecule has 0 aromatic heterocycles. The first kappa shape index (κ1) is 15.3. The number of Topliss-reactive ketones (excluding diaryl/α,β-unsaturated/α-hetero) is 1. The molecule has 0 N–H and O–H groups in total. The molecule has 0 aliphatic heterocycles. The first-order chi connectivity index (χ1) is 9.95. The van der Waals surface area contributed by atoms with Crippen LogP contribution in [0.25, 0.3) is 0 Å². The van der Waals surface area contributed by atoms with Crippen LogP contribution in [0.15, 0.2) is 42.5 Å². The maximum atomic E-state index is 13.5. The number of halogens is 2. The fourth-order valence-electron chi connectivity index (χ4n) is 2.11. The summed E-state index contributed by atoms with van der Waals surface area (Å²) in [5, 5.41) is 0. The SMILES string of the molecule is Cc1ccc(CN(C)CC(=O)c2ccc(F)cc2F)cc1. The largest absolute Gasteiger partial charge is 0.295 e. The Morgan fingerprint density at radius 1 is 1.10 bits per heavy atom. The number of hydrogen-bond acceptors (Lipinski definition) is 2. The molecule has 4 heteroatoms. The molecule has 0 spiro atoms. The van der Waals surface area contributed by atoms with Crippen LogP contribution in [0.4, 0.5) is 8.78 Å². The zero-order valence-corrected chi connectivity index (χ0v) is 12.1. The zero-order valence-electron chi connectivity index (χ0n) is 12.1. The Bertz CT molecular complexity index is 638. The average molecular weight is 289 g/mol. The molecule has 0 aliphatic rings. The monoisotopic (exact) mass is 289 g/mol. The lowest BCUT2D eigenvalue weighted by molar-refractivity contribution is 0.0939. The maximum absolute atomic E-state index is 13.5. The second-order valence-corrected chi connectivity index (χ2v) is 5.21. The van der Waals surface area contributed by atoms with Gasteiger partial charge in [-0.15, -0.1) is 0 Å². The molecule has 0 heterocycles. The van der Waals surface area contributed by atoms with Crippen LogP contribution in [-0.4, -0.2) is 24.3 Å². The first-order valence-corrected chi connectivity index (χ1v) is 6.68. The number of aryl methyl sites for hydroxylation is 1. The molecule has 0 aliphatic carbocycles. The van der Waals surface area contributed by atoms with Gasteiger partial charge in [-0.2, -0.15) is 0 Å². The van der Waals surface area contributed by atoms with E-state index in [0.29, 0.717) is 6.54 Å². The normalized spacial score (nSPS) is 10.9. The number of rotatable bonds is 5. The molecule has 0 saturated carbocycles. The van der Waals surface area contributed by atoms with Gasteiger partial charge in [0, 0.05) is 12.6 Å². The molecule has 2 nitrogen and oxygen atoms in total. The molecule has 0 radical (unpaired) electrons. The van der Waals surface area contributed by atoms with Gasteiger partial charge in [0.1, 0.15) is 11.6 Å². The predicted molar refractivity (Wildman–Crippen MR) is 78.2 cm³/mol. The Morgan fingerprint density at radius 2 is 1.76 bits per heavy atom. The van der Waals surface area contributed by atoms with Crippen molar-refractivity contribution in [3.63, 3.8) is 0 Å². The highest BCUT2D eigenvalue weighted by atomic mass is 19.1. The lowest BCUT2D eigenvalue weighted by Crippen LogP contribution is -2.26. The lowest BCUT2D eigenvalue weighted by Gasteiger charge is -2.16. The molecule has 110 valence electrons. The number of hydrogen-bond donors (Lipinski definition) is 0. The molecule has 2 aromatic rings. The average Bonchev–Trinajstić information content (AvgIpc) is 2.41. The van der Waals surface area contributed by atoms with Crippen LogP contribution >= 0.6 is 0 Å². The molecule has 2 rings (SSSR count). The molecular formula is C17H17F2NO. The van der Waals surface area contributed by atoms with Gasteiger partial charge in [0.05, 0.1) is 12.1 Å². The number of nitrogens with zero attached hydrogens (tertiary/aromatic N) is 1. The van der Waals surface area contributed by atoms with Crippen molar-refractivity contribution in [2.75, 3.05) is 13.6 Å². The summed E-state index contributed by atoms with van der Waals surface area (Å²) in [6, 6.07) is 11.0. The molecule has 0 amide bonds. The van der Waals surface area contributed by atoms with E-state index in [4.69, 9.17) is 0 Å². The standard InChI is InChI=1S/C17H17F2NO/c1-12-3-5-13(6-4-12)10-20(2)11-17(21)15-8-7-14(18)9-16(15)19/h3-9H,10-11H2,1-2H3. The summed E-state index contributed by atoms with van der Waals surface area (Å²) in [6.45, 7) is 2.68. The summed E-state index contributed by atoms with van der Waals surface area (Å²) < 4.78 is 26.4. The van der Waals surface area contributed by atoms with Gasteiger partial charge in [-0.25, -0.2) is 8.78 Å². The summed E-state index contributed by atoms with van der Waals surface area (Å²) in [7, 11) is 1.79. The topological polar surface area (TPSA) is 20.3 Å². The third-order valence-corrected chi connectivity index (χ3v) is 3.22. The smallest absolute Gasteiger partial charge is 0.179 e. The second kappa shape index (κ2) is 6.59. The highest BCUT2D eigenvalue weighted by Crippen LogP contribution is 2.12. The van der Waals surface area contributed by atoms with Crippen molar-refractivity contribution >= 4 is 5.78 Å². The van der Waals surface area contributed by atoms with Gasteiger partial charge in [-0.05, 0) is 31.7 Å². The Balaban J connectivity index is 2.00. The number of carbonyl (C=O) groups excluding carboxylic acids is 1. The van der Waals surface area contributed by atoms with Gasteiger partial charge >= 0.3 is 0 Å². The minimum absolute atomic E-state index is 0.0767. The highest BCUT2D eigenvalue weighted by Gasteiger charge is 2.14. The second-order valence-electron chi connectivity index (χ2n) is 5.21. The molecule has 0 unspecified atom stereocenters. The van der Waals surface area contributed by atoms with Gasteiger partial charge in [-0.1, -0.05) is 29.8 Å². The van der Waals surface area contributed by atoms with Crippen LogP contribution in [-0.2, 0) is 6.54 Å². The van der Waals surface area contributed by atoms with Gasteiger partial charge in [0.25, 0.3) is 0 Å². The van der Waals surface area contributed by atoms with E-state index in [1.54, 1.807) is 11.9 Å². The summed E-state index contributed by atoms with van der Waals surface area (Å²) in [5.74, 6) is -1.86. The molecular weight excluding hydrogens is 272 g/mol. The molecule has 0 bridgehead atoms. The van der Waals surface area contributed by atoms with E-state index in [2.05, 4.69) is 0 Å². The third-order valence-electron chi connectivity index (χ3n) is 3.22. The maximum Gasteiger partial charge on any atom is 0.179 e. The number of ketones is 1. The highest BCUT2D eigenvalue weighted by molar-refractivity contribution is 5.97. The van der Waals surface area contributed by atoms with Crippen molar-refractivity contribution in [3.05, 3.63) is 70.8 Å². The Kier molecular flexibility index (Phi) is 4.81. The van der Waals surface area contributed by atoms with Crippen molar-refractivity contribution < 1.29 is 13.6 Å². The van der Waals surface area contributed by atoms with Crippen LogP contribution in [0.5, 0.6) is 0 Å². The van der Waals surface area contributed by atoms with Crippen molar-refractivity contribution in [2.24, 2.45) is 0 Å². The molecule has 21 heavy (non-hydrogen) atoms. The number of likely N-dealkylation sites (N-methyl/N-ethyl adjacent to an activating group) is 1. The van der Waals surface area contributed by atoms with Crippen LogP contribution < -0.4 is 0 Å². The van der Waals surface area contributed by atoms with Gasteiger partial charge in [-0.3, -0.25) is 9.69 Å². The van der Waals surface area contributed by atoms with Crippen LogP contribution in [0.1, 0.15) is 21.5 Å². The van der Waals surface area contributed by atoms with Crippen LogP contribution in [0, 0.1) is 18.6 Å². The van der Waals surface area contributed by atoms with Gasteiger partial charge in [0.2, 0.25) is 0 Å². The van der Waals surface area contributed by atoms with Crippen molar-refractivity contribution in [1.82, 2.24) is 4.90 Å². The molecule has 0 saturated heterocycles. The minimum Gasteiger partial charge on any atom is -0.295 e. The molecule has 2 aromatic carbocycles. The molecule has 0 fully saturated rings. The van der Waals surface area contributed by atoms with Gasteiger partial charge in [0.15, 0.2) is 5.78 Å². The molecule has 0 atom stereocenters. The van der Waals surface area contributed by atoms with E-state index in [1.165, 1.54) is 11.6 Å². The number of benzene rings is 2. The Labute approximate surface area is 123 Å². The van der Waals surface area contributed by atoms with Crippen LogP contribution in [0.2, 0.25) is 0 Å². The quantitative estimate of drug-likeness (QED) is 0.784. The fraction of sp³-hybridized carbons (Fsp3) is 0.235. The van der Waals surface area contributed by atoms with Crippen LogP contribution in [0.3, 0.4) is 0 Å². The summed E-state index contributed by atoms with van der Waals surface area (Å²) in [6.07, 6.45) is 0. The van der Waals surface area contributed by atoms with E-state index in [1.807, 2.05) is 31.2 Å². The fourth-order valence-corrected chi connectivity index (χ4v) is 2.11. The van der Waals surface area contributed by atoms with E-state index in [-0.39, 0.29) is 17.9 Å². The van der Waals surface area contributed by atoms with Crippen molar-refractivity contribution in [2.45, 2.75) is 13.5 Å². The third kappa shape index (κ3) is 4.20. The van der Waals surface area contributed by atoms with E-state index < -0.39 is 11.6 Å². The van der Waals surface area contributed by atoms with E-state index >= 15 is 0 Å². The summed E-state index contributed by atoms with van der Waals surface area (Å²) in [4.78, 5) is 13.8. The minimum atomic E-state index is -0.816. The Morgan fingerprint density at radius 3 is 2.38 bits per heavy atom.